The van der Waals surface area contributed by atoms with E-state index in [-0.39, 0.29) is 6.04 Å². The lowest BCUT2D eigenvalue weighted by atomic mass is 9.95. The Kier molecular flexibility index (Phi) is 6.85. The second kappa shape index (κ2) is 8.93. The van der Waals surface area contributed by atoms with E-state index >= 15 is 0 Å². The molecule has 4 rings (SSSR count). The Morgan fingerprint density at radius 1 is 1.19 bits per heavy atom. The number of benzene rings is 1. The molecule has 1 aliphatic heterocycles. The minimum Gasteiger partial charge on any atom is -0.314 e. The molecule has 140 valence electrons. The smallest absolute Gasteiger partial charge is 0.0783 e. The van der Waals surface area contributed by atoms with Crippen LogP contribution in [-0.2, 0) is 12.8 Å². The van der Waals surface area contributed by atoms with E-state index in [1.165, 1.54) is 37.7 Å². The highest BCUT2D eigenvalue weighted by molar-refractivity contribution is 9.10. The van der Waals surface area contributed by atoms with Crippen molar-refractivity contribution >= 4 is 30.5 Å². The van der Waals surface area contributed by atoms with Gasteiger partial charge in [-0.1, -0.05) is 41.9 Å². The molecule has 2 heterocycles. The third-order valence-electron chi connectivity index (χ3n) is 5.21. The molecule has 1 N–H and O–H groups in total. The maximum absolute atomic E-state index is 4.89. The summed E-state index contributed by atoms with van der Waals surface area (Å²) in [6.07, 6.45) is 4.12. The number of hydrogen-bond acceptors (Lipinski definition) is 3. The summed E-state index contributed by atoms with van der Waals surface area (Å²) in [6.45, 7) is 10.4. The molecule has 0 bridgehead atoms. The van der Waals surface area contributed by atoms with Crippen LogP contribution in [0.4, 0.5) is 0 Å². The van der Waals surface area contributed by atoms with Gasteiger partial charge in [0.2, 0.25) is 0 Å². The van der Waals surface area contributed by atoms with Gasteiger partial charge in [0.05, 0.1) is 11.7 Å². The van der Waals surface area contributed by atoms with E-state index in [9.17, 15) is 0 Å². The molecule has 1 aromatic carbocycles. The average molecular weight is 434 g/mol. The van der Waals surface area contributed by atoms with Gasteiger partial charge in [-0.15, -0.1) is 9.24 Å². The van der Waals surface area contributed by atoms with E-state index < -0.39 is 0 Å². The lowest BCUT2D eigenvalue weighted by Crippen LogP contribution is -2.45. The predicted molar refractivity (Wildman–Crippen MR) is 118 cm³/mol. The first-order valence-corrected chi connectivity index (χ1v) is 11.0. The van der Waals surface area contributed by atoms with E-state index in [0.717, 1.165) is 39.0 Å². The third-order valence-corrected chi connectivity index (χ3v) is 6.63. The summed E-state index contributed by atoms with van der Waals surface area (Å²) < 4.78 is 1.28. The molecule has 5 heteroatoms. The van der Waals surface area contributed by atoms with Gasteiger partial charge in [-0.2, -0.15) is 0 Å². The molecule has 0 amide bonds. The Bertz CT molecular complexity index is 772. The zero-order chi connectivity index (χ0) is 18.7. The molecule has 0 saturated carbocycles. The number of hydrogen-bond donors (Lipinski definition) is 1. The van der Waals surface area contributed by atoms with Crippen molar-refractivity contribution < 1.29 is 0 Å². The Labute approximate surface area is 168 Å². The van der Waals surface area contributed by atoms with E-state index in [1.807, 2.05) is 20.0 Å². The number of halogens is 1. The number of nitrogens with zero attached hydrogens (tertiary/aromatic N) is 2. The zero-order valence-corrected chi connectivity index (χ0v) is 18.7. The quantitative estimate of drug-likeness (QED) is 0.693. The predicted octanol–water partition coefficient (Wildman–Crippen LogP) is 3.77. The average Bonchev–Trinajstić information content (AvgIpc) is 2.84. The number of pyridine rings is 1. The summed E-state index contributed by atoms with van der Waals surface area (Å²) in [5.41, 5.74) is 6.85. The van der Waals surface area contributed by atoms with E-state index in [2.05, 4.69) is 60.5 Å². The van der Waals surface area contributed by atoms with Gasteiger partial charge in [0.1, 0.15) is 0 Å². The van der Waals surface area contributed by atoms with E-state index in [0.29, 0.717) is 0 Å². The second-order valence-corrected chi connectivity index (χ2v) is 8.23. The van der Waals surface area contributed by atoms with Crippen molar-refractivity contribution in [2.75, 3.05) is 26.2 Å². The zero-order valence-electron chi connectivity index (χ0n) is 16.0. The van der Waals surface area contributed by atoms with E-state index in [1.54, 1.807) is 0 Å². The van der Waals surface area contributed by atoms with Crippen LogP contribution in [0.1, 0.15) is 47.8 Å². The van der Waals surface area contributed by atoms with E-state index in [4.69, 9.17) is 4.98 Å². The molecule has 2 unspecified atom stereocenters. The summed E-state index contributed by atoms with van der Waals surface area (Å²) in [6, 6.07) is 7.14. The van der Waals surface area contributed by atoms with Crippen molar-refractivity contribution in [3.63, 3.8) is 0 Å². The molecule has 26 heavy (non-hydrogen) atoms. The Hall–Kier alpha value is -0.800. The normalized spacial score (nSPS) is 19.7. The van der Waals surface area contributed by atoms with Gasteiger partial charge in [-0.3, -0.25) is 9.88 Å². The number of nitrogens with one attached hydrogen (secondary N) is 1. The molecular weight excluding hydrogens is 405 g/mol. The molecule has 2 aliphatic rings. The van der Waals surface area contributed by atoms with Gasteiger partial charge in [-0.05, 0) is 53.4 Å². The number of piperazine rings is 1. The van der Waals surface area contributed by atoms with Crippen molar-refractivity contribution in [1.29, 1.82) is 0 Å². The van der Waals surface area contributed by atoms with Crippen LogP contribution in [0.2, 0.25) is 0 Å². The first-order chi connectivity index (χ1) is 12.6. The topological polar surface area (TPSA) is 28.2 Å². The SMILES string of the molecule is CC.Cc1ccc2c(c1Br)CCc1cc(P)cnc1C2N1CCNCC1. The highest BCUT2D eigenvalue weighted by atomic mass is 79.9. The lowest BCUT2D eigenvalue weighted by molar-refractivity contribution is 0.195. The fourth-order valence-corrected chi connectivity index (χ4v) is 4.80. The summed E-state index contributed by atoms with van der Waals surface area (Å²) in [5, 5.41) is 4.65. The molecular formula is C21H29BrN3P. The summed E-state index contributed by atoms with van der Waals surface area (Å²) in [4.78, 5) is 7.48. The van der Waals surface area contributed by atoms with Crippen LogP contribution in [0.25, 0.3) is 0 Å². The summed E-state index contributed by atoms with van der Waals surface area (Å²) in [7, 11) is 2.79. The molecule has 1 saturated heterocycles. The monoisotopic (exact) mass is 433 g/mol. The van der Waals surface area contributed by atoms with Gasteiger partial charge < -0.3 is 5.32 Å². The first kappa shape index (κ1) is 19.9. The van der Waals surface area contributed by atoms with Gasteiger partial charge >= 0.3 is 0 Å². The van der Waals surface area contributed by atoms with Crippen LogP contribution in [0.15, 0.2) is 28.9 Å². The largest absolute Gasteiger partial charge is 0.314 e. The maximum atomic E-state index is 4.89. The van der Waals surface area contributed by atoms with Gasteiger partial charge in [0.15, 0.2) is 0 Å². The Morgan fingerprint density at radius 3 is 2.65 bits per heavy atom. The molecule has 0 spiro atoms. The van der Waals surface area contributed by atoms with Crippen molar-refractivity contribution in [2.45, 2.75) is 39.7 Å². The highest BCUT2D eigenvalue weighted by Gasteiger charge is 2.31. The van der Waals surface area contributed by atoms with Gasteiger partial charge in [0.25, 0.3) is 0 Å². The molecule has 2 aromatic rings. The minimum atomic E-state index is 0.266. The number of fused-ring (bicyclic) bond motifs is 2. The van der Waals surface area contributed by atoms with Crippen molar-refractivity contribution in [3.05, 3.63) is 56.8 Å². The number of rotatable bonds is 1. The number of aryl methyl sites for hydroxylation is 2. The lowest BCUT2D eigenvalue weighted by Gasteiger charge is -2.36. The van der Waals surface area contributed by atoms with Crippen molar-refractivity contribution in [2.24, 2.45) is 0 Å². The standard InChI is InChI=1S/C19H23BrN3P.C2H6/c1-12-2-4-16-15(17(12)20)5-3-13-10-14(24)11-22-18(13)19(16)23-8-6-21-7-9-23;1-2/h2,4,10-11,19,21H,3,5-9,24H2,1H3;1-2H3. The number of aromatic nitrogens is 1. The Morgan fingerprint density at radius 2 is 1.92 bits per heavy atom. The fraction of sp³-hybridized carbons (Fsp3) is 0.476. The maximum Gasteiger partial charge on any atom is 0.0783 e. The van der Waals surface area contributed by atoms with Gasteiger partial charge in [0, 0.05) is 36.8 Å². The molecule has 0 radical (unpaired) electrons. The van der Waals surface area contributed by atoms with Crippen LogP contribution >= 0.6 is 25.2 Å². The minimum absolute atomic E-state index is 0.266. The van der Waals surface area contributed by atoms with Crippen LogP contribution in [0, 0.1) is 6.92 Å². The van der Waals surface area contributed by atoms with Crippen LogP contribution < -0.4 is 10.6 Å². The summed E-state index contributed by atoms with van der Waals surface area (Å²) >= 11 is 3.86. The molecule has 3 nitrogen and oxygen atoms in total. The van der Waals surface area contributed by atoms with Crippen LogP contribution in [0.3, 0.4) is 0 Å². The third kappa shape index (κ3) is 3.89. The molecule has 1 fully saturated rings. The Balaban J connectivity index is 0.000000948. The highest BCUT2D eigenvalue weighted by Crippen LogP contribution is 2.39. The molecule has 1 aromatic heterocycles. The van der Waals surface area contributed by atoms with Crippen LogP contribution in [-0.4, -0.2) is 36.1 Å². The second-order valence-electron chi connectivity index (χ2n) is 6.77. The molecule has 1 aliphatic carbocycles. The fourth-order valence-electron chi connectivity index (χ4n) is 3.97. The first-order valence-electron chi connectivity index (χ1n) is 9.62. The van der Waals surface area contributed by atoms with Crippen molar-refractivity contribution in [3.8, 4) is 0 Å². The van der Waals surface area contributed by atoms with Gasteiger partial charge in [-0.25, -0.2) is 0 Å². The van der Waals surface area contributed by atoms with Crippen molar-refractivity contribution in [1.82, 2.24) is 15.2 Å². The molecule has 2 atom stereocenters. The summed E-state index contributed by atoms with van der Waals surface area (Å²) in [5.74, 6) is 0. The van der Waals surface area contributed by atoms with Crippen LogP contribution in [0.5, 0.6) is 0 Å².